The van der Waals surface area contributed by atoms with Crippen LogP contribution in [0.2, 0.25) is 0 Å². The number of carbonyl (C=O) groups excluding carboxylic acids is 1. The highest BCUT2D eigenvalue weighted by Gasteiger charge is 2.29. The number of rotatable bonds is 2. The molecule has 0 saturated carbocycles. The molecule has 0 aliphatic carbocycles. The molecule has 0 radical (unpaired) electrons. The average molecular weight is 316 g/mol. The highest BCUT2D eigenvalue weighted by Crippen LogP contribution is 2.24. The summed E-state index contributed by atoms with van der Waals surface area (Å²) in [6.45, 7) is 2.43. The first-order chi connectivity index (χ1) is 11.1. The maximum absolute atomic E-state index is 13.0. The summed E-state index contributed by atoms with van der Waals surface area (Å²) in [6, 6.07) is 6.66. The van der Waals surface area contributed by atoms with Crippen LogP contribution in [0.3, 0.4) is 0 Å². The van der Waals surface area contributed by atoms with Crippen molar-refractivity contribution >= 4 is 11.5 Å². The van der Waals surface area contributed by atoms with E-state index in [0.29, 0.717) is 6.54 Å². The van der Waals surface area contributed by atoms with Crippen molar-refractivity contribution in [3.8, 4) is 0 Å². The van der Waals surface area contributed by atoms with Gasteiger partial charge in [0.25, 0.3) is 0 Å². The minimum Gasteiger partial charge on any atom is -0.337 e. The molecule has 3 nitrogen and oxygen atoms in total. The smallest absolute Gasteiger partial charge is 0.240 e. The molecule has 1 amide bonds. The van der Waals surface area contributed by atoms with E-state index in [9.17, 15) is 9.18 Å². The van der Waals surface area contributed by atoms with Crippen LogP contribution in [0.15, 0.2) is 30.3 Å². The highest BCUT2D eigenvalue weighted by atomic mass is 19.1. The van der Waals surface area contributed by atoms with Gasteiger partial charge in [-0.3, -0.25) is 9.69 Å². The zero-order valence-electron chi connectivity index (χ0n) is 13.8. The Balaban J connectivity index is 1.65. The Kier molecular flexibility index (Phi) is 5.11. The Labute approximate surface area is 137 Å². The van der Waals surface area contributed by atoms with E-state index in [0.717, 1.165) is 37.9 Å². The molecular weight excluding hydrogens is 291 g/mol. The van der Waals surface area contributed by atoms with Crippen LogP contribution in [0.1, 0.15) is 37.7 Å². The largest absolute Gasteiger partial charge is 0.337 e. The predicted molar refractivity (Wildman–Crippen MR) is 90.5 cm³/mol. The molecule has 0 N–H and O–H groups in total. The summed E-state index contributed by atoms with van der Waals surface area (Å²) >= 11 is 0. The van der Waals surface area contributed by atoms with Crippen molar-refractivity contribution in [3.63, 3.8) is 0 Å². The fraction of sp³-hybridized carbons (Fsp3) is 0.526. The number of nitrogens with zero attached hydrogens (tertiary/aromatic N) is 2. The third kappa shape index (κ3) is 3.81. The maximum Gasteiger partial charge on any atom is 0.240 e. The lowest BCUT2D eigenvalue weighted by Crippen LogP contribution is -2.48. The van der Waals surface area contributed by atoms with Gasteiger partial charge in [0.05, 0.1) is 6.04 Å². The lowest BCUT2D eigenvalue weighted by atomic mass is 9.98. The van der Waals surface area contributed by atoms with Crippen LogP contribution in [0.4, 0.5) is 4.39 Å². The van der Waals surface area contributed by atoms with Gasteiger partial charge in [-0.1, -0.05) is 31.1 Å². The van der Waals surface area contributed by atoms with Crippen molar-refractivity contribution in [2.24, 2.45) is 0 Å². The first kappa shape index (κ1) is 16.2. The molecule has 0 spiro atoms. The molecule has 4 heteroatoms. The van der Waals surface area contributed by atoms with Gasteiger partial charge in [0.2, 0.25) is 5.91 Å². The van der Waals surface area contributed by atoms with Crippen LogP contribution < -0.4 is 0 Å². The van der Waals surface area contributed by atoms with E-state index >= 15 is 0 Å². The molecule has 23 heavy (non-hydrogen) atoms. The Hall–Kier alpha value is -1.68. The first-order valence-corrected chi connectivity index (χ1v) is 8.59. The monoisotopic (exact) mass is 316 g/mol. The van der Waals surface area contributed by atoms with Gasteiger partial charge in [-0.15, -0.1) is 0 Å². The van der Waals surface area contributed by atoms with Crippen LogP contribution in [-0.4, -0.2) is 48.4 Å². The minimum absolute atomic E-state index is 0.0401. The fourth-order valence-corrected chi connectivity index (χ4v) is 3.57. The summed E-state index contributed by atoms with van der Waals surface area (Å²) in [4.78, 5) is 17.0. The second-order valence-electron chi connectivity index (χ2n) is 6.62. The molecule has 2 heterocycles. The molecule has 1 atom stereocenters. The second-order valence-corrected chi connectivity index (χ2v) is 6.62. The van der Waals surface area contributed by atoms with Crippen LogP contribution in [-0.2, 0) is 4.79 Å². The van der Waals surface area contributed by atoms with Gasteiger partial charge in [0.15, 0.2) is 0 Å². The van der Waals surface area contributed by atoms with Crippen molar-refractivity contribution in [1.82, 2.24) is 9.80 Å². The number of benzene rings is 1. The van der Waals surface area contributed by atoms with Gasteiger partial charge in [-0.25, -0.2) is 4.39 Å². The van der Waals surface area contributed by atoms with Crippen molar-refractivity contribution in [2.45, 2.75) is 38.1 Å². The van der Waals surface area contributed by atoms with Crippen molar-refractivity contribution < 1.29 is 9.18 Å². The van der Waals surface area contributed by atoms with Crippen molar-refractivity contribution in [1.29, 1.82) is 0 Å². The lowest BCUT2D eigenvalue weighted by molar-refractivity contribution is -0.136. The molecule has 0 aromatic heterocycles. The molecule has 3 rings (SSSR count). The van der Waals surface area contributed by atoms with Gasteiger partial charge in [-0.05, 0) is 56.1 Å². The number of likely N-dealkylation sites (N-methyl/N-ethyl adjacent to an activating group) is 1. The summed E-state index contributed by atoms with van der Waals surface area (Å²) in [5.74, 6) is 0.0576. The van der Waals surface area contributed by atoms with E-state index < -0.39 is 0 Å². The van der Waals surface area contributed by atoms with Crippen molar-refractivity contribution in [2.75, 3.05) is 26.7 Å². The average Bonchev–Trinajstić information content (AvgIpc) is 2.79. The van der Waals surface area contributed by atoms with Gasteiger partial charge in [-0.2, -0.15) is 0 Å². The zero-order valence-corrected chi connectivity index (χ0v) is 13.8. The number of amides is 1. The van der Waals surface area contributed by atoms with E-state index in [1.54, 1.807) is 0 Å². The third-order valence-electron chi connectivity index (χ3n) is 5.04. The number of likely N-dealkylation sites (tertiary alicyclic amines) is 1. The quantitative estimate of drug-likeness (QED) is 0.836. The van der Waals surface area contributed by atoms with E-state index in [-0.39, 0.29) is 17.8 Å². The summed E-state index contributed by atoms with van der Waals surface area (Å²) in [5, 5.41) is 0. The number of carbonyl (C=O) groups is 1. The topological polar surface area (TPSA) is 23.6 Å². The summed E-state index contributed by atoms with van der Waals surface area (Å²) in [5.41, 5.74) is 2.27. The summed E-state index contributed by atoms with van der Waals surface area (Å²) in [6.07, 6.45) is 7.49. The number of halogens is 1. The van der Waals surface area contributed by atoms with E-state index in [2.05, 4.69) is 18.0 Å². The molecule has 1 unspecified atom stereocenters. The number of hydrogen-bond acceptors (Lipinski definition) is 2. The normalized spacial score (nSPS) is 23.3. The van der Waals surface area contributed by atoms with Gasteiger partial charge >= 0.3 is 0 Å². The van der Waals surface area contributed by atoms with E-state index in [1.165, 1.54) is 30.5 Å². The number of hydrogen-bond donors (Lipinski definition) is 0. The summed E-state index contributed by atoms with van der Waals surface area (Å²) < 4.78 is 13.0. The van der Waals surface area contributed by atoms with Crippen LogP contribution in [0.25, 0.3) is 5.57 Å². The van der Waals surface area contributed by atoms with Crippen LogP contribution in [0, 0.1) is 5.82 Å². The molecule has 2 aliphatic heterocycles. The van der Waals surface area contributed by atoms with Gasteiger partial charge in [0, 0.05) is 13.1 Å². The predicted octanol–water partition coefficient (Wildman–Crippen LogP) is 3.32. The second kappa shape index (κ2) is 7.26. The molecular formula is C19H25FN2O. The Bertz CT molecular complexity index is 582. The minimum atomic E-state index is -0.210. The van der Waals surface area contributed by atoms with E-state index in [4.69, 9.17) is 0 Å². The van der Waals surface area contributed by atoms with E-state index in [1.807, 2.05) is 17.0 Å². The molecule has 1 aromatic rings. The van der Waals surface area contributed by atoms with Crippen molar-refractivity contribution in [3.05, 3.63) is 41.7 Å². The first-order valence-electron chi connectivity index (χ1n) is 8.59. The molecule has 1 aromatic carbocycles. The Morgan fingerprint density at radius 3 is 2.61 bits per heavy atom. The lowest BCUT2D eigenvalue weighted by Gasteiger charge is -2.33. The molecule has 1 saturated heterocycles. The summed E-state index contributed by atoms with van der Waals surface area (Å²) in [7, 11) is 2.07. The maximum atomic E-state index is 13.0. The zero-order chi connectivity index (χ0) is 16.2. The highest BCUT2D eigenvalue weighted by molar-refractivity contribution is 5.83. The molecule has 1 fully saturated rings. The third-order valence-corrected chi connectivity index (χ3v) is 5.04. The van der Waals surface area contributed by atoms with Crippen LogP contribution in [0.5, 0.6) is 0 Å². The molecule has 124 valence electrons. The van der Waals surface area contributed by atoms with Gasteiger partial charge in [0.1, 0.15) is 5.82 Å². The molecule has 2 aliphatic rings. The molecule has 0 bridgehead atoms. The standard InChI is InChI=1S/C19H25FN2O/c1-21-12-4-2-3-5-18(21)19(23)22-13-10-16(11-14-22)15-6-8-17(20)9-7-15/h6-10,18H,2-5,11-14H2,1H3. The van der Waals surface area contributed by atoms with Crippen LogP contribution >= 0.6 is 0 Å². The Morgan fingerprint density at radius 2 is 1.91 bits per heavy atom. The Morgan fingerprint density at radius 1 is 1.13 bits per heavy atom. The SMILES string of the molecule is CN1CCCCCC1C(=O)N1CC=C(c2ccc(F)cc2)CC1. The fourth-order valence-electron chi connectivity index (χ4n) is 3.57. The van der Waals surface area contributed by atoms with Gasteiger partial charge < -0.3 is 4.90 Å².